The van der Waals surface area contributed by atoms with Crippen LogP contribution in [0.3, 0.4) is 0 Å². The molecule has 7 atom stereocenters. The van der Waals surface area contributed by atoms with Crippen molar-refractivity contribution in [1.29, 1.82) is 0 Å². The molecule has 2 heterocycles. The Labute approximate surface area is 404 Å². The molecule has 6 rings (SSSR count). The molecule has 2 unspecified atom stereocenters. The second-order valence-electron chi connectivity index (χ2n) is 17.1. The number of methoxy groups -OCH3 is 4. The van der Waals surface area contributed by atoms with E-state index in [-0.39, 0.29) is 48.8 Å². The van der Waals surface area contributed by atoms with Crippen LogP contribution >= 0.6 is 0 Å². The van der Waals surface area contributed by atoms with Gasteiger partial charge in [-0.2, -0.15) is 0 Å². The number of rotatable bonds is 19. The summed E-state index contributed by atoms with van der Waals surface area (Å²) >= 11 is 0. The Morgan fingerprint density at radius 1 is 0.667 bits per heavy atom. The molecule has 0 spiro atoms. The first-order chi connectivity index (χ1) is 32.9. The van der Waals surface area contributed by atoms with Crippen LogP contribution in [-0.4, -0.2) is 107 Å². The van der Waals surface area contributed by atoms with E-state index in [0.29, 0.717) is 49.2 Å². The van der Waals surface area contributed by atoms with Crippen molar-refractivity contribution in [2.75, 3.05) is 68.8 Å². The summed E-state index contributed by atoms with van der Waals surface area (Å²) in [4.78, 5) is 21.5. The number of nitrogens with one attached hydrogen (secondary N) is 2. The zero-order chi connectivity index (χ0) is 51.1. The first-order valence-electron chi connectivity index (χ1n) is 22.7. The highest BCUT2D eigenvalue weighted by Crippen LogP contribution is 2.53. The highest BCUT2D eigenvalue weighted by atomic mass is 16.5. The molecule has 0 aliphatic carbocycles. The Morgan fingerprint density at radius 2 is 1.04 bits per heavy atom. The third-order valence-corrected chi connectivity index (χ3v) is 11.9. The van der Waals surface area contributed by atoms with E-state index in [4.69, 9.17) is 34.2 Å². The average Bonchev–Trinajstić information content (AvgIpc) is 3.83. The van der Waals surface area contributed by atoms with E-state index in [0.717, 1.165) is 65.8 Å². The summed E-state index contributed by atoms with van der Waals surface area (Å²) < 4.78 is 34.8. The number of carbonyl (C=O) groups excluding carboxylic acids is 2. The minimum Gasteiger partial charge on any atom is -0.550 e. The number of allylic oxidation sites excluding steroid dienone is 2. The summed E-state index contributed by atoms with van der Waals surface area (Å²) in [6, 6.07) is 14.4. The maximum Gasteiger partial charge on any atom is 0.166 e. The molecule has 69 heavy (non-hydrogen) atoms. The number of quaternary nitrogens is 2. The van der Waals surface area contributed by atoms with Gasteiger partial charge in [0.15, 0.2) is 46.0 Å². The van der Waals surface area contributed by atoms with Gasteiger partial charge in [0.25, 0.3) is 0 Å². The van der Waals surface area contributed by atoms with Crippen LogP contribution in [-0.2, 0) is 22.7 Å². The predicted octanol–water partition coefficient (Wildman–Crippen LogP) is 1.58. The molecule has 4 aromatic rings. The van der Waals surface area contributed by atoms with Crippen molar-refractivity contribution >= 4 is 24.1 Å². The smallest absolute Gasteiger partial charge is 0.166 e. The van der Waals surface area contributed by atoms with Gasteiger partial charge < -0.3 is 84.2 Å². The van der Waals surface area contributed by atoms with Crippen molar-refractivity contribution in [3.63, 3.8) is 0 Å². The van der Waals surface area contributed by atoms with Gasteiger partial charge in [0.05, 0.1) is 72.8 Å². The van der Waals surface area contributed by atoms with Crippen LogP contribution < -0.4 is 54.2 Å². The number of hydrogen-bond acceptors (Lipinski definition) is 15. The van der Waals surface area contributed by atoms with E-state index >= 15 is 0 Å². The van der Waals surface area contributed by atoms with Crippen LogP contribution in [0.25, 0.3) is 12.2 Å². The van der Waals surface area contributed by atoms with Gasteiger partial charge >= 0.3 is 0 Å². The molecule has 0 radical (unpaired) electrons. The van der Waals surface area contributed by atoms with E-state index in [1.807, 2.05) is 88.6 Å². The number of carboxylic acids is 2. The molecule has 376 valence electrons. The van der Waals surface area contributed by atoms with Crippen molar-refractivity contribution in [2.24, 2.45) is 5.73 Å². The summed E-state index contributed by atoms with van der Waals surface area (Å²) in [6.07, 6.45) is 6.95. The highest BCUT2D eigenvalue weighted by molar-refractivity contribution is 5.78. The molecule has 0 aromatic heterocycles. The number of hydrogen-bond donors (Lipinski definition) is 7. The Kier molecular flexibility index (Phi) is 20.6. The molecule has 0 saturated heterocycles. The number of benzene rings is 4. The van der Waals surface area contributed by atoms with E-state index in [1.165, 1.54) is 0 Å². The number of nitrogens with two attached hydrogens (primary N) is 1. The van der Waals surface area contributed by atoms with Gasteiger partial charge in [0, 0.05) is 41.4 Å². The fourth-order valence-electron chi connectivity index (χ4n) is 8.36. The van der Waals surface area contributed by atoms with Crippen LogP contribution in [0.1, 0.15) is 103 Å². The first kappa shape index (κ1) is 55.1. The molecule has 17 nitrogen and oxygen atoms in total. The van der Waals surface area contributed by atoms with Gasteiger partial charge in [-0.15, -0.1) is 0 Å². The standard InChI is InChI=1S/2C24H31NO5.C4H7NO4/c2*1-6-7-16-10-19-15(2)23(30-24(19)21(11-16)29-5)17-12-18(14-25(3)8-9-26)22(27)20(13-17)28-4;5-2(4(8)9)1-3(6)7/h2*6-7,10-13,15,23,26-27H,8-9,14H2,1-5H3;2H,1,5H2,(H,6,7)(H,8,9)/b2*7-6+;/t2*15-,23-;2-/m110/s1. The van der Waals surface area contributed by atoms with Crippen LogP contribution in [0.4, 0.5) is 0 Å². The number of likely N-dealkylation sites (N-methyl/N-ethyl adjacent to an activating group) is 2. The molecule has 8 N–H and O–H groups in total. The van der Waals surface area contributed by atoms with Crippen molar-refractivity contribution in [3.8, 4) is 46.0 Å². The monoisotopic (exact) mass is 959 g/mol. The minimum atomic E-state index is -1.58. The molecule has 2 aliphatic heterocycles. The number of carbonyl (C=O) groups is 2. The third-order valence-electron chi connectivity index (χ3n) is 11.9. The Hall–Kier alpha value is -6.50. The fourth-order valence-corrected chi connectivity index (χ4v) is 8.36. The number of aromatic hydroxyl groups is 2. The maximum absolute atomic E-state index is 10.6. The Balaban J connectivity index is 0.000000256. The average molecular weight is 960 g/mol. The van der Waals surface area contributed by atoms with Crippen molar-refractivity contribution in [2.45, 2.75) is 77.3 Å². The maximum atomic E-state index is 10.6. The number of phenolic OH excluding ortho intramolecular Hbond substituents is 2. The number of aliphatic hydroxyl groups is 2. The lowest BCUT2D eigenvalue weighted by Crippen LogP contribution is -3.08. The fraction of sp³-hybridized carbons (Fsp3) is 0.423. The normalized spacial score (nSPS) is 18.0. The van der Waals surface area contributed by atoms with Gasteiger partial charge in [-0.3, -0.25) is 0 Å². The number of aliphatic hydroxyl groups excluding tert-OH is 2. The second-order valence-corrected chi connectivity index (χ2v) is 17.1. The van der Waals surface area contributed by atoms with Gasteiger partial charge in [-0.25, -0.2) is 0 Å². The quantitative estimate of drug-likeness (QED) is 0.0705. The zero-order valence-corrected chi connectivity index (χ0v) is 41.2. The summed E-state index contributed by atoms with van der Waals surface area (Å²) in [5, 5.41) is 59.0. The largest absolute Gasteiger partial charge is 0.550 e. The lowest BCUT2D eigenvalue weighted by molar-refractivity contribution is -0.894. The zero-order valence-electron chi connectivity index (χ0n) is 41.2. The lowest BCUT2D eigenvalue weighted by Gasteiger charge is -2.20. The van der Waals surface area contributed by atoms with Crippen LogP contribution in [0, 0.1) is 0 Å². The van der Waals surface area contributed by atoms with E-state index < -0.39 is 24.4 Å². The predicted molar refractivity (Wildman–Crippen MR) is 256 cm³/mol. The number of aliphatic carboxylic acids is 2. The summed E-state index contributed by atoms with van der Waals surface area (Å²) in [6.45, 7) is 10.8. The van der Waals surface area contributed by atoms with Crippen LogP contribution in [0.2, 0.25) is 0 Å². The van der Waals surface area contributed by atoms with Crippen molar-refractivity contribution in [1.82, 2.24) is 0 Å². The molecule has 0 saturated carbocycles. The van der Waals surface area contributed by atoms with E-state index in [2.05, 4.69) is 26.0 Å². The number of ether oxygens (including phenoxy) is 6. The molecule has 17 heteroatoms. The van der Waals surface area contributed by atoms with E-state index in [1.54, 1.807) is 28.4 Å². The van der Waals surface area contributed by atoms with Gasteiger partial charge in [-0.05, 0) is 84.6 Å². The topological polar surface area (TPSA) is 251 Å². The highest BCUT2D eigenvalue weighted by Gasteiger charge is 2.37. The van der Waals surface area contributed by atoms with Crippen molar-refractivity contribution < 1.29 is 78.4 Å². The van der Waals surface area contributed by atoms with Crippen molar-refractivity contribution in [3.05, 3.63) is 105 Å². The molecular formula is C52H69N3O14. The number of carboxylic acid groups (broad SMARTS) is 2. The number of phenols is 2. The van der Waals surface area contributed by atoms with E-state index in [9.17, 15) is 40.2 Å². The number of fused-ring (bicyclic) bond motifs is 2. The van der Waals surface area contributed by atoms with Crippen LogP contribution in [0.15, 0.2) is 60.7 Å². The first-order valence-corrected chi connectivity index (χ1v) is 22.7. The SMILES string of the molecule is C/C=C/c1cc(OC)c2c(c1)[C@@H](C)[C@H](c1cc(C[NH+](C)CCO)c(O)c(OC)c1)O2.C/C=C/c1cc(OC)c2c(c1)[C@@H](C)[C@H](c1cc(C[NH+](C)CCO)c(O)c(OC)c1)O2.N[C@@H](CC(=O)[O-])C(=O)[O-]. The lowest BCUT2D eigenvalue weighted by atomic mass is 9.90. The minimum absolute atomic E-state index is 0.0931. The Morgan fingerprint density at radius 3 is 1.33 bits per heavy atom. The summed E-state index contributed by atoms with van der Waals surface area (Å²) in [5.74, 6) is 1.20. The van der Waals surface area contributed by atoms with Gasteiger partial charge in [0.2, 0.25) is 0 Å². The summed E-state index contributed by atoms with van der Waals surface area (Å²) in [7, 11) is 10.4. The van der Waals surface area contributed by atoms with Crippen LogP contribution in [0.5, 0.6) is 46.0 Å². The second kappa shape index (κ2) is 25.7. The molecule has 2 aliphatic rings. The third kappa shape index (κ3) is 13.8. The Bertz CT molecular complexity index is 2290. The summed E-state index contributed by atoms with van der Waals surface area (Å²) in [5.41, 5.74) is 12.5. The molecular weight excluding hydrogens is 891 g/mol. The molecule has 0 amide bonds. The van der Waals surface area contributed by atoms with Gasteiger partial charge in [-0.1, -0.05) is 38.2 Å². The van der Waals surface area contributed by atoms with Gasteiger partial charge in [0.1, 0.15) is 38.4 Å². The molecule has 4 aromatic carbocycles. The molecule has 0 bridgehead atoms. The molecule has 0 fully saturated rings.